The molecule has 0 unspecified atom stereocenters. The third-order valence-corrected chi connectivity index (χ3v) is 13.7. The van der Waals surface area contributed by atoms with Crippen LogP contribution in [0.25, 0.3) is 10.9 Å². The molecule has 3 amide bonds. The molecule has 15 nitrogen and oxygen atoms in total. The molecule has 3 aliphatic heterocycles. The third-order valence-electron chi connectivity index (χ3n) is 12.7. The number of anilines is 3. The predicted octanol–water partition coefficient (Wildman–Crippen LogP) is 6.14. The highest BCUT2D eigenvalue weighted by Gasteiger charge is 2.57. The van der Waals surface area contributed by atoms with Gasteiger partial charge < -0.3 is 21.1 Å². The first-order chi connectivity index (χ1) is 29.7. The smallest absolute Gasteiger partial charge is 0.236 e. The van der Waals surface area contributed by atoms with E-state index in [0.717, 1.165) is 112 Å². The Morgan fingerprint density at radius 2 is 1.77 bits per heavy atom. The number of amides is 3. The van der Waals surface area contributed by atoms with E-state index < -0.39 is 0 Å². The van der Waals surface area contributed by atoms with Crippen molar-refractivity contribution in [2.45, 2.75) is 126 Å². The number of nitrogens with zero attached hydrogens (tertiary/aromatic N) is 8. The summed E-state index contributed by atoms with van der Waals surface area (Å²) < 4.78 is 4.22. The number of carbonyl (C=O) groups is 3. The number of carbonyl (C=O) groups excluding carboxylic acids is 3. The van der Waals surface area contributed by atoms with Crippen LogP contribution in [-0.4, -0.2) is 109 Å². The van der Waals surface area contributed by atoms with Gasteiger partial charge in [0.1, 0.15) is 10.8 Å². The Hall–Kier alpha value is -4.64. The Balaban J connectivity index is 0.000000561. The van der Waals surface area contributed by atoms with Crippen LogP contribution in [-0.2, 0) is 33.4 Å². The number of hydrogen-bond donors (Lipinski definition) is 4. The van der Waals surface area contributed by atoms with Crippen LogP contribution in [0.5, 0.6) is 0 Å². The highest BCUT2D eigenvalue weighted by Crippen LogP contribution is 2.54. The molecule has 1 spiro atoms. The zero-order valence-electron chi connectivity index (χ0n) is 36.2. The van der Waals surface area contributed by atoms with Crippen LogP contribution in [0.15, 0.2) is 47.8 Å². The highest BCUT2D eigenvalue weighted by molar-refractivity contribution is 7.97. The summed E-state index contributed by atoms with van der Waals surface area (Å²) in [6.07, 6.45) is 16.5. The van der Waals surface area contributed by atoms with Crippen LogP contribution in [0.2, 0.25) is 0 Å². The lowest BCUT2D eigenvalue weighted by molar-refractivity contribution is -0.120. The minimum absolute atomic E-state index is 0.0359. The highest BCUT2D eigenvalue weighted by atomic mass is 32.2. The molecule has 1 aromatic carbocycles. The van der Waals surface area contributed by atoms with E-state index in [-0.39, 0.29) is 42.3 Å². The van der Waals surface area contributed by atoms with Crippen LogP contribution in [0.1, 0.15) is 114 Å². The first-order valence-corrected chi connectivity index (χ1v) is 23.1. The number of nitrogens with one attached hydrogen (secondary N) is 3. The van der Waals surface area contributed by atoms with Gasteiger partial charge in [-0.25, -0.2) is 14.3 Å². The average Bonchev–Trinajstić information content (AvgIpc) is 3.97. The van der Waals surface area contributed by atoms with Crippen LogP contribution >= 0.6 is 11.9 Å². The summed E-state index contributed by atoms with van der Waals surface area (Å²) in [4.78, 5) is 53.9. The normalized spacial score (nSPS) is 19.3. The summed E-state index contributed by atoms with van der Waals surface area (Å²) >= 11 is 1.73. The summed E-state index contributed by atoms with van der Waals surface area (Å²) in [6, 6.07) is 11.1. The number of benzene rings is 1. The van der Waals surface area contributed by atoms with Crippen molar-refractivity contribution < 1.29 is 19.5 Å². The summed E-state index contributed by atoms with van der Waals surface area (Å²) in [5, 5.41) is 24.5. The van der Waals surface area contributed by atoms with Gasteiger partial charge in [0, 0.05) is 76.1 Å². The molecule has 0 radical (unpaired) electrons. The minimum Gasteiger partial charge on any atom is -0.393 e. The number of fused-ring (bicyclic) bond motifs is 3. The summed E-state index contributed by atoms with van der Waals surface area (Å²) in [5.74, 6) is 2.25. The molecule has 2 saturated carbocycles. The first-order valence-electron chi connectivity index (χ1n) is 22.3. The fraction of sp³-hybridized carbons (Fsp3) is 0.578. The SMILES string of the molecule is CC.CNC(=O)CCN(C=O)c1nn(C)c2cc(C3CCN(Cc4ccnc(SN5CCC(Nc6ncc7c(n6)NC(=O)C76CC6)CC5)c4)CC3)ccc12.OC1CCCCC1. The molecule has 0 atom stereocenters. The van der Waals surface area contributed by atoms with Gasteiger partial charge in [0.15, 0.2) is 5.82 Å². The summed E-state index contributed by atoms with van der Waals surface area (Å²) in [6.45, 7) is 9.09. The fourth-order valence-corrected chi connectivity index (χ4v) is 9.88. The number of aromatic nitrogens is 5. The molecule has 16 heteroatoms. The van der Waals surface area contributed by atoms with Crippen molar-refractivity contribution in [2.75, 3.05) is 55.3 Å². The Bertz CT molecular complexity index is 2120. The van der Waals surface area contributed by atoms with Gasteiger partial charge in [0.05, 0.1) is 17.0 Å². The van der Waals surface area contributed by atoms with Gasteiger partial charge in [-0.05, 0) is 118 Å². The van der Waals surface area contributed by atoms with Gasteiger partial charge in [-0.3, -0.25) is 28.9 Å². The van der Waals surface area contributed by atoms with Crippen molar-refractivity contribution in [1.29, 1.82) is 0 Å². The number of hydrogen-bond acceptors (Lipinski definition) is 12. The molecule has 0 bridgehead atoms. The second-order valence-corrected chi connectivity index (χ2v) is 17.8. The number of pyridine rings is 1. The van der Waals surface area contributed by atoms with Crippen molar-refractivity contribution in [2.24, 2.45) is 7.05 Å². The van der Waals surface area contributed by atoms with Crippen molar-refractivity contribution >= 4 is 58.7 Å². The van der Waals surface area contributed by atoms with Gasteiger partial charge >= 0.3 is 0 Å². The van der Waals surface area contributed by atoms with Gasteiger partial charge in [-0.1, -0.05) is 39.2 Å². The number of rotatable bonds is 12. The van der Waals surface area contributed by atoms with E-state index in [0.29, 0.717) is 23.5 Å². The van der Waals surface area contributed by atoms with E-state index in [4.69, 9.17) is 5.11 Å². The number of aryl methyl sites for hydroxylation is 1. The van der Waals surface area contributed by atoms with E-state index >= 15 is 0 Å². The second kappa shape index (κ2) is 20.5. The molecule has 4 aromatic rings. The largest absolute Gasteiger partial charge is 0.393 e. The molecule has 61 heavy (non-hydrogen) atoms. The molecule has 3 aromatic heterocycles. The number of likely N-dealkylation sites (tertiary alicyclic amines) is 1. The molecule has 328 valence electrons. The zero-order valence-corrected chi connectivity index (χ0v) is 37.1. The number of aliphatic hydroxyl groups excluding tert-OH is 1. The maximum Gasteiger partial charge on any atom is 0.236 e. The van der Waals surface area contributed by atoms with E-state index in [2.05, 4.69) is 75.5 Å². The quantitative estimate of drug-likeness (QED) is 0.0949. The lowest BCUT2D eigenvalue weighted by Gasteiger charge is -2.32. The Labute approximate surface area is 364 Å². The van der Waals surface area contributed by atoms with E-state index in [1.807, 2.05) is 38.0 Å². The van der Waals surface area contributed by atoms with E-state index in [1.165, 1.54) is 35.3 Å². The van der Waals surface area contributed by atoms with Crippen molar-refractivity contribution in [3.8, 4) is 0 Å². The van der Waals surface area contributed by atoms with Crippen LogP contribution in [0.4, 0.5) is 17.6 Å². The number of piperidine rings is 2. The Kier molecular flexibility index (Phi) is 14.9. The Morgan fingerprint density at radius 1 is 1.02 bits per heavy atom. The first kappa shape index (κ1) is 44.4. The third kappa shape index (κ3) is 10.7. The summed E-state index contributed by atoms with van der Waals surface area (Å²) in [5.41, 5.74) is 4.15. The molecular formula is C45H63N11O4S. The maximum absolute atomic E-state index is 12.3. The Morgan fingerprint density at radius 3 is 2.44 bits per heavy atom. The maximum atomic E-state index is 12.3. The molecule has 9 rings (SSSR count). The minimum atomic E-state index is -0.358. The van der Waals surface area contributed by atoms with Crippen molar-refractivity contribution in [3.05, 3.63) is 59.4 Å². The molecular weight excluding hydrogens is 791 g/mol. The standard InChI is InChI=1S/C37H45N11O3S.C6H12O.C2H6/c1-38-31(50)10-16-47(23-49)34-28-4-3-26(20-30(28)45(2)44-34)25-6-14-46(15-7-25)22-24-5-13-39-32(19-24)52-48-17-8-27(9-18-48)41-36-40-21-29-33(43-36)42-35(51)37(29)11-12-37;7-6-4-2-1-3-5-6;1-2/h3-5,13,19-21,23,25,27H,6-12,14-18,22H2,1-2H3,(H,38,50)(H2,40,41,42,43,51);6-7H,1-5H2;1-2H3. The van der Waals surface area contributed by atoms with E-state index in [9.17, 15) is 14.4 Å². The monoisotopic (exact) mass is 853 g/mol. The van der Waals surface area contributed by atoms with Gasteiger partial charge in [-0.15, -0.1) is 0 Å². The molecule has 2 aliphatic carbocycles. The predicted molar refractivity (Wildman–Crippen MR) is 240 cm³/mol. The molecule has 4 fully saturated rings. The van der Waals surface area contributed by atoms with Crippen LogP contribution < -0.4 is 20.9 Å². The lowest BCUT2D eigenvalue weighted by atomic mass is 9.89. The molecule has 6 heterocycles. The van der Waals surface area contributed by atoms with Crippen LogP contribution in [0.3, 0.4) is 0 Å². The van der Waals surface area contributed by atoms with Gasteiger partial charge in [0.2, 0.25) is 24.2 Å². The molecule has 2 saturated heterocycles. The fourth-order valence-electron chi connectivity index (χ4n) is 8.91. The van der Waals surface area contributed by atoms with Crippen molar-refractivity contribution in [1.82, 2.24) is 39.3 Å². The second-order valence-electron chi connectivity index (χ2n) is 16.7. The molecule has 5 aliphatic rings. The number of aliphatic hydroxyl groups is 1. The van der Waals surface area contributed by atoms with Gasteiger partial charge in [-0.2, -0.15) is 10.1 Å². The van der Waals surface area contributed by atoms with Gasteiger partial charge in [0.25, 0.3) is 0 Å². The average molecular weight is 854 g/mol. The van der Waals surface area contributed by atoms with E-state index in [1.54, 1.807) is 19.0 Å². The summed E-state index contributed by atoms with van der Waals surface area (Å²) in [7, 11) is 3.49. The zero-order chi connectivity index (χ0) is 42.9. The lowest BCUT2D eigenvalue weighted by Crippen LogP contribution is -2.36. The molecule has 4 N–H and O–H groups in total. The van der Waals surface area contributed by atoms with Crippen LogP contribution in [0, 0.1) is 0 Å². The van der Waals surface area contributed by atoms with Crippen molar-refractivity contribution in [3.63, 3.8) is 0 Å². The topological polar surface area (TPSA) is 174 Å².